The summed E-state index contributed by atoms with van der Waals surface area (Å²) < 4.78 is 5.06. The number of carbonyl (C=O) groups is 1. The van der Waals surface area contributed by atoms with Crippen LogP contribution in [0.4, 0.5) is 0 Å². The molecule has 1 saturated heterocycles. The summed E-state index contributed by atoms with van der Waals surface area (Å²) in [4.78, 5) is 12.1. The molecule has 0 aromatic carbocycles. The minimum atomic E-state index is -1.98. The summed E-state index contributed by atoms with van der Waals surface area (Å²) >= 11 is 0. The molecule has 5 heteroatoms. The molecule has 2 N–H and O–H groups in total. The van der Waals surface area contributed by atoms with Crippen molar-refractivity contribution in [3.63, 3.8) is 0 Å². The molecule has 0 unspecified atom stereocenters. The SMILES string of the molecule is CC(C)[Si](C#C[C@@]1(C)C(=O)O[C@H](CO)[C@H]1O)(C(C)C)C(C)C. The fraction of sp³-hybridized carbons (Fsp3) is 0.824. The molecule has 0 radical (unpaired) electrons. The molecule has 0 aliphatic carbocycles. The second-order valence-corrected chi connectivity index (χ2v) is 13.0. The van der Waals surface area contributed by atoms with Gasteiger partial charge in [-0.1, -0.05) is 47.5 Å². The molecule has 0 saturated carbocycles. The van der Waals surface area contributed by atoms with E-state index in [1.807, 2.05) is 0 Å². The molecule has 1 fully saturated rings. The first-order valence-corrected chi connectivity index (χ1v) is 10.3. The number of aliphatic hydroxyl groups is 2. The fourth-order valence-corrected chi connectivity index (χ4v) is 9.09. The second-order valence-electron chi connectivity index (χ2n) is 7.42. The molecule has 126 valence electrons. The predicted molar refractivity (Wildman–Crippen MR) is 89.9 cm³/mol. The van der Waals surface area contributed by atoms with E-state index < -0.39 is 31.7 Å². The monoisotopic (exact) mass is 326 g/mol. The van der Waals surface area contributed by atoms with E-state index >= 15 is 0 Å². The van der Waals surface area contributed by atoms with Gasteiger partial charge in [0.15, 0.2) is 11.5 Å². The first-order valence-electron chi connectivity index (χ1n) is 8.08. The molecule has 1 heterocycles. The third-order valence-electron chi connectivity index (χ3n) is 5.21. The molecule has 4 nitrogen and oxygen atoms in total. The van der Waals surface area contributed by atoms with E-state index in [4.69, 9.17) is 4.74 Å². The standard InChI is InChI=1S/C17H30O4Si/c1-11(2)22(12(3)4,13(5)6)9-8-17(7)15(19)14(10-18)21-16(17)20/h11-15,18-19H,10H2,1-7H3/t14-,15-,17-/m1/s1. The van der Waals surface area contributed by atoms with Gasteiger partial charge >= 0.3 is 5.97 Å². The Balaban J connectivity index is 3.31. The smallest absolute Gasteiger partial charge is 0.327 e. The van der Waals surface area contributed by atoms with Crippen molar-refractivity contribution in [1.29, 1.82) is 0 Å². The predicted octanol–water partition coefficient (Wildman–Crippen LogP) is 2.49. The van der Waals surface area contributed by atoms with Crippen molar-refractivity contribution in [1.82, 2.24) is 0 Å². The van der Waals surface area contributed by atoms with Crippen molar-refractivity contribution < 1.29 is 19.7 Å². The summed E-state index contributed by atoms with van der Waals surface area (Å²) in [5.74, 6) is 2.55. The second kappa shape index (κ2) is 6.73. The molecular formula is C17H30O4Si. The van der Waals surface area contributed by atoms with Gasteiger partial charge in [-0.05, 0) is 23.5 Å². The number of cyclic esters (lactones) is 1. The van der Waals surface area contributed by atoms with Crippen molar-refractivity contribution in [2.45, 2.75) is 77.3 Å². The largest absolute Gasteiger partial charge is 0.456 e. The molecule has 1 aliphatic heterocycles. The van der Waals surface area contributed by atoms with Crippen LogP contribution in [-0.4, -0.2) is 43.1 Å². The number of hydrogen-bond acceptors (Lipinski definition) is 4. The van der Waals surface area contributed by atoms with E-state index in [1.54, 1.807) is 6.92 Å². The molecule has 0 spiro atoms. The summed E-state index contributed by atoms with van der Waals surface area (Å²) in [6.45, 7) is 14.4. The zero-order valence-corrected chi connectivity index (χ0v) is 15.8. The highest BCUT2D eigenvalue weighted by molar-refractivity contribution is 6.90. The van der Waals surface area contributed by atoms with Gasteiger partial charge in [0.2, 0.25) is 0 Å². The topological polar surface area (TPSA) is 66.8 Å². The highest BCUT2D eigenvalue weighted by Crippen LogP contribution is 2.42. The lowest BCUT2D eigenvalue weighted by Gasteiger charge is -2.38. The Labute approximate surface area is 135 Å². The molecule has 3 atom stereocenters. The van der Waals surface area contributed by atoms with Gasteiger partial charge in [-0.2, -0.15) is 0 Å². The van der Waals surface area contributed by atoms with Gasteiger partial charge in [0, 0.05) is 0 Å². The van der Waals surface area contributed by atoms with Gasteiger partial charge in [-0.15, -0.1) is 5.54 Å². The van der Waals surface area contributed by atoms with Crippen molar-refractivity contribution in [3.8, 4) is 11.5 Å². The average Bonchev–Trinajstić information content (AvgIpc) is 2.62. The maximum absolute atomic E-state index is 12.1. The van der Waals surface area contributed by atoms with Gasteiger partial charge in [0.05, 0.1) is 6.61 Å². The molecule has 0 bridgehead atoms. The van der Waals surface area contributed by atoms with Gasteiger partial charge in [0.25, 0.3) is 0 Å². The van der Waals surface area contributed by atoms with Crippen LogP contribution < -0.4 is 0 Å². The van der Waals surface area contributed by atoms with Crippen LogP contribution in [0.25, 0.3) is 0 Å². The Hall–Kier alpha value is -0.833. The summed E-state index contributed by atoms with van der Waals surface area (Å²) in [7, 11) is -1.98. The van der Waals surface area contributed by atoms with Gasteiger partial charge in [-0.3, -0.25) is 4.79 Å². The van der Waals surface area contributed by atoms with Crippen LogP contribution in [0.3, 0.4) is 0 Å². The first-order chi connectivity index (χ1) is 10.0. The Bertz CT molecular complexity index is 453. The Morgan fingerprint density at radius 3 is 1.95 bits per heavy atom. The van der Waals surface area contributed by atoms with Crippen LogP contribution in [0.5, 0.6) is 0 Å². The number of carbonyl (C=O) groups excluding carboxylic acids is 1. The van der Waals surface area contributed by atoms with Crippen molar-refractivity contribution in [2.75, 3.05) is 6.61 Å². The Morgan fingerprint density at radius 2 is 1.64 bits per heavy atom. The van der Waals surface area contributed by atoms with Crippen LogP contribution in [0.1, 0.15) is 48.5 Å². The zero-order valence-electron chi connectivity index (χ0n) is 14.8. The average molecular weight is 327 g/mol. The lowest BCUT2D eigenvalue weighted by molar-refractivity contribution is -0.147. The third kappa shape index (κ3) is 2.97. The Kier molecular flexibility index (Phi) is 5.88. The first kappa shape index (κ1) is 19.2. The molecule has 1 aliphatic rings. The number of aliphatic hydroxyl groups excluding tert-OH is 2. The van der Waals surface area contributed by atoms with Gasteiger partial charge in [-0.25, -0.2) is 0 Å². The zero-order chi connectivity index (χ0) is 17.3. The Morgan fingerprint density at radius 1 is 1.18 bits per heavy atom. The van der Waals surface area contributed by atoms with Gasteiger partial charge in [0.1, 0.15) is 14.2 Å². The van der Waals surface area contributed by atoms with E-state index in [1.165, 1.54) is 0 Å². The molecule has 22 heavy (non-hydrogen) atoms. The normalized spacial score (nSPS) is 29.0. The minimum absolute atomic E-state index is 0.384. The van der Waals surface area contributed by atoms with E-state index in [2.05, 4.69) is 53.0 Å². The number of rotatable bonds is 4. The maximum atomic E-state index is 12.1. The highest BCUT2D eigenvalue weighted by atomic mass is 28.3. The van der Waals surface area contributed by atoms with E-state index in [0.717, 1.165) is 0 Å². The van der Waals surface area contributed by atoms with Crippen molar-refractivity contribution >= 4 is 14.0 Å². The summed E-state index contributed by atoms with van der Waals surface area (Å²) in [6.07, 6.45) is -1.96. The van der Waals surface area contributed by atoms with Crippen LogP contribution >= 0.6 is 0 Å². The molecule has 0 aromatic heterocycles. The third-order valence-corrected chi connectivity index (χ3v) is 11.5. The van der Waals surface area contributed by atoms with Crippen molar-refractivity contribution in [3.05, 3.63) is 0 Å². The summed E-state index contributed by atoms with van der Waals surface area (Å²) in [5.41, 5.74) is 3.57. The molecule has 0 amide bonds. The summed E-state index contributed by atoms with van der Waals surface area (Å²) in [6, 6.07) is 0. The molecule has 0 aromatic rings. The van der Waals surface area contributed by atoms with Crippen LogP contribution in [0.2, 0.25) is 16.6 Å². The lowest BCUT2D eigenvalue weighted by atomic mass is 9.85. The van der Waals surface area contributed by atoms with Crippen LogP contribution in [0.15, 0.2) is 0 Å². The van der Waals surface area contributed by atoms with Crippen LogP contribution in [0, 0.1) is 16.9 Å². The fourth-order valence-electron chi connectivity index (χ4n) is 3.75. The van der Waals surface area contributed by atoms with Crippen LogP contribution in [-0.2, 0) is 9.53 Å². The maximum Gasteiger partial charge on any atom is 0.327 e. The van der Waals surface area contributed by atoms with E-state index in [-0.39, 0.29) is 6.61 Å². The number of ether oxygens (including phenoxy) is 1. The highest BCUT2D eigenvalue weighted by Gasteiger charge is 2.53. The van der Waals surface area contributed by atoms with E-state index in [9.17, 15) is 15.0 Å². The minimum Gasteiger partial charge on any atom is -0.456 e. The summed E-state index contributed by atoms with van der Waals surface area (Å²) in [5, 5.41) is 19.5. The van der Waals surface area contributed by atoms with Gasteiger partial charge < -0.3 is 14.9 Å². The quantitative estimate of drug-likeness (QED) is 0.473. The molecule has 1 rings (SSSR count). The number of esters is 1. The number of hydrogen-bond donors (Lipinski definition) is 2. The van der Waals surface area contributed by atoms with Crippen molar-refractivity contribution in [2.24, 2.45) is 5.41 Å². The lowest BCUT2D eigenvalue weighted by Crippen LogP contribution is -2.44. The molecular weight excluding hydrogens is 296 g/mol. The van der Waals surface area contributed by atoms with E-state index in [0.29, 0.717) is 16.6 Å².